The Hall–Kier alpha value is -3.04. The van der Waals surface area contributed by atoms with Crippen molar-refractivity contribution in [2.24, 2.45) is 11.8 Å². The molecule has 0 spiro atoms. The summed E-state index contributed by atoms with van der Waals surface area (Å²) in [4.78, 5) is 13.4. The number of benzene rings is 3. The van der Waals surface area contributed by atoms with E-state index in [4.69, 9.17) is 0 Å². The van der Waals surface area contributed by atoms with Gasteiger partial charge in [-0.2, -0.15) is 4.31 Å². The second kappa shape index (κ2) is 13.2. The largest absolute Gasteiger partial charge is 0.508 e. The highest BCUT2D eigenvalue weighted by atomic mass is 32.2. The third-order valence-corrected chi connectivity index (χ3v) is 8.49. The van der Waals surface area contributed by atoms with E-state index < -0.39 is 22.0 Å². The first kappa shape index (κ1) is 29.5. The third kappa shape index (κ3) is 7.51. The molecule has 0 saturated carbocycles. The van der Waals surface area contributed by atoms with Crippen molar-refractivity contribution in [2.75, 3.05) is 13.1 Å². The second-order valence-corrected chi connectivity index (χ2v) is 12.1. The first-order valence-electron chi connectivity index (χ1n) is 12.8. The lowest BCUT2D eigenvalue weighted by atomic mass is 9.87. The van der Waals surface area contributed by atoms with Crippen LogP contribution in [0.3, 0.4) is 0 Å². The zero-order valence-electron chi connectivity index (χ0n) is 22.1. The van der Waals surface area contributed by atoms with Crippen LogP contribution in [0, 0.1) is 18.8 Å². The Morgan fingerprint density at radius 2 is 1.55 bits per heavy atom. The molecule has 0 saturated heterocycles. The molecule has 0 fully saturated rings. The molecule has 0 heterocycles. The van der Waals surface area contributed by atoms with Crippen LogP contribution in [0.2, 0.25) is 0 Å². The van der Waals surface area contributed by atoms with E-state index in [0.717, 1.165) is 5.56 Å². The van der Waals surface area contributed by atoms with E-state index in [1.807, 2.05) is 44.2 Å². The lowest BCUT2D eigenvalue weighted by Crippen LogP contribution is -2.43. The van der Waals surface area contributed by atoms with Crippen LogP contribution in [-0.2, 0) is 23.1 Å². The summed E-state index contributed by atoms with van der Waals surface area (Å²) in [5.74, 6) is -0.764. The summed E-state index contributed by atoms with van der Waals surface area (Å²) in [6.07, 6.45) is -0.755. The number of aliphatic hydroxyl groups excluding tert-OH is 2. The number of aromatic hydroxyl groups is 1. The summed E-state index contributed by atoms with van der Waals surface area (Å²) in [5, 5.41) is 30.8. The van der Waals surface area contributed by atoms with Crippen molar-refractivity contribution in [2.45, 2.75) is 51.2 Å². The number of Topliss-reactive ketones (excluding diaryl/α,β-unsaturated/α-hetero) is 1. The summed E-state index contributed by atoms with van der Waals surface area (Å²) in [6.45, 7) is 5.30. The van der Waals surface area contributed by atoms with Crippen molar-refractivity contribution >= 4 is 15.8 Å². The van der Waals surface area contributed by atoms with Gasteiger partial charge in [0, 0.05) is 30.6 Å². The number of ketones is 1. The standard InChI is InChI=1S/C30H37NO6S/c1-21(2)18-31(38(36,37)26-14-12-24(20-32)13-15-26)19-30(35)25(16-23-8-5-4-6-9-23)17-29(34)27-10-7-11-28(33)22(27)3/h4-15,21,25,30,32-33,35H,16-20H2,1-3H3/t25-,30-/m1/s1. The summed E-state index contributed by atoms with van der Waals surface area (Å²) in [7, 11) is -3.94. The predicted molar refractivity (Wildman–Crippen MR) is 147 cm³/mol. The van der Waals surface area contributed by atoms with Crippen molar-refractivity contribution in [3.63, 3.8) is 0 Å². The van der Waals surface area contributed by atoms with Crippen LogP contribution in [0.1, 0.15) is 47.3 Å². The van der Waals surface area contributed by atoms with Crippen molar-refractivity contribution in [1.82, 2.24) is 4.31 Å². The van der Waals surface area contributed by atoms with Crippen LogP contribution in [0.5, 0.6) is 5.75 Å². The van der Waals surface area contributed by atoms with Gasteiger partial charge in [-0.1, -0.05) is 68.4 Å². The molecule has 8 heteroatoms. The van der Waals surface area contributed by atoms with Crippen LogP contribution >= 0.6 is 0 Å². The lowest BCUT2D eigenvalue weighted by Gasteiger charge is -2.30. The van der Waals surface area contributed by atoms with Crippen LogP contribution in [0.15, 0.2) is 77.7 Å². The number of hydrogen-bond donors (Lipinski definition) is 3. The minimum Gasteiger partial charge on any atom is -0.508 e. The molecule has 3 N–H and O–H groups in total. The quantitative estimate of drug-likeness (QED) is 0.279. The molecule has 0 aliphatic heterocycles. The molecular weight excluding hydrogens is 502 g/mol. The molecular formula is C30H37NO6S. The molecule has 3 aromatic carbocycles. The van der Waals surface area contributed by atoms with Gasteiger partial charge in [-0.25, -0.2) is 8.42 Å². The van der Waals surface area contributed by atoms with Crippen molar-refractivity contribution in [1.29, 1.82) is 0 Å². The van der Waals surface area contributed by atoms with Gasteiger partial charge in [0.05, 0.1) is 17.6 Å². The number of phenolic OH excluding ortho intramolecular Hbond substituents is 1. The predicted octanol–water partition coefficient (Wildman–Crippen LogP) is 4.33. The second-order valence-electron chi connectivity index (χ2n) is 10.1. The first-order valence-corrected chi connectivity index (χ1v) is 14.2. The number of rotatable bonds is 13. The smallest absolute Gasteiger partial charge is 0.243 e. The van der Waals surface area contributed by atoms with Crippen molar-refractivity contribution < 1.29 is 28.5 Å². The van der Waals surface area contributed by atoms with E-state index in [-0.39, 0.29) is 48.5 Å². The van der Waals surface area contributed by atoms with E-state index in [1.54, 1.807) is 31.2 Å². The molecule has 0 aliphatic carbocycles. The molecule has 0 aromatic heterocycles. The minimum atomic E-state index is -3.94. The molecule has 38 heavy (non-hydrogen) atoms. The molecule has 0 unspecified atom stereocenters. The Kier molecular flexibility index (Phi) is 10.2. The molecule has 0 amide bonds. The molecule has 3 rings (SSSR count). The molecule has 0 bridgehead atoms. The maximum absolute atomic E-state index is 13.6. The fraction of sp³-hybridized carbons (Fsp3) is 0.367. The maximum Gasteiger partial charge on any atom is 0.243 e. The minimum absolute atomic E-state index is 0.00200. The topological polar surface area (TPSA) is 115 Å². The monoisotopic (exact) mass is 539 g/mol. The fourth-order valence-electron chi connectivity index (χ4n) is 4.49. The van der Waals surface area contributed by atoms with Gasteiger partial charge in [0.1, 0.15) is 5.75 Å². The summed E-state index contributed by atoms with van der Waals surface area (Å²) in [5.41, 5.74) is 2.38. The lowest BCUT2D eigenvalue weighted by molar-refractivity contribution is 0.0689. The van der Waals surface area contributed by atoms with Crippen LogP contribution < -0.4 is 0 Å². The molecule has 0 aliphatic rings. The molecule has 7 nitrogen and oxygen atoms in total. The zero-order chi connectivity index (χ0) is 27.9. The van der Waals surface area contributed by atoms with Gasteiger partial charge in [0.15, 0.2) is 5.78 Å². The number of aliphatic hydroxyl groups is 2. The number of sulfonamides is 1. The van der Waals surface area contributed by atoms with E-state index in [0.29, 0.717) is 23.1 Å². The Bertz CT molecular complexity index is 1310. The average Bonchev–Trinajstić information content (AvgIpc) is 2.89. The van der Waals surface area contributed by atoms with Crippen LogP contribution in [-0.4, -0.2) is 53.0 Å². The van der Waals surface area contributed by atoms with Crippen molar-refractivity contribution in [3.8, 4) is 5.75 Å². The van der Waals surface area contributed by atoms with Crippen LogP contribution in [0.25, 0.3) is 0 Å². The maximum atomic E-state index is 13.6. The number of carbonyl (C=O) groups is 1. The number of phenols is 1. The zero-order valence-corrected chi connectivity index (χ0v) is 22.9. The normalized spacial score (nSPS) is 13.6. The van der Waals surface area contributed by atoms with E-state index in [2.05, 4.69) is 0 Å². The molecule has 0 radical (unpaired) electrons. The van der Waals surface area contributed by atoms with E-state index in [1.165, 1.54) is 22.5 Å². The number of hydrogen-bond acceptors (Lipinski definition) is 6. The highest BCUT2D eigenvalue weighted by Gasteiger charge is 2.32. The Labute approximate surface area is 225 Å². The number of nitrogens with zero attached hydrogens (tertiary/aromatic N) is 1. The van der Waals surface area contributed by atoms with E-state index in [9.17, 15) is 28.5 Å². The SMILES string of the molecule is Cc1c(O)cccc1C(=O)C[C@@H](Cc1ccccc1)[C@H](O)CN(CC(C)C)S(=O)(=O)c1ccc(CO)cc1. The van der Waals surface area contributed by atoms with E-state index >= 15 is 0 Å². The van der Waals surface area contributed by atoms with Gasteiger partial charge in [0.25, 0.3) is 0 Å². The van der Waals surface area contributed by atoms with Gasteiger partial charge in [-0.15, -0.1) is 0 Å². The highest BCUT2D eigenvalue weighted by Crippen LogP contribution is 2.26. The van der Waals surface area contributed by atoms with Gasteiger partial charge >= 0.3 is 0 Å². The van der Waals surface area contributed by atoms with Crippen molar-refractivity contribution in [3.05, 3.63) is 95.1 Å². The average molecular weight is 540 g/mol. The van der Waals surface area contributed by atoms with Crippen LogP contribution in [0.4, 0.5) is 0 Å². The summed E-state index contributed by atoms with van der Waals surface area (Å²) < 4.78 is 28.4. The highest BCUT2D eigenvalue weighted by molar-refractivity contribution is 7.89. The molecule has 2 atom stereocenters. The summed E-state index contributed by atoms with van der Waals surface area (Å²) >= 11 is 0. The van der Waals surface area contributed by atoms with Gasteiger partial charge < -0.3 is 15.3 Å². The Morgan fingerprint density at radius 3 is 2.16 bits per heavy atom. The summed E-state index contributed by atoms with van der Waals surface area (Å²) in [6, 6.07) is 20.3. The molecule has 204 valence electrons. The Balaban J connectivity index is 1.91. The molecule has 3 aromatic rings. The third-order valence-electron chi connectivity index (χ3n) is 6.64. The number of carbonyl (C=O) groups excluding carboxylic acids is 1. The fourth-order valence-corrected chi connectivity index (χ4v) is 6.11. The Morgan fingerprint density at radius 1 is 0.895 bits per heavy atom. The van der Waals surface area contributed by atoms with Gasteiger partial charge in [0.2, 0.25) is 10.0 Å². The first-order chi connectivity index (χ1) is 18.0. The van der Waals surface area contributed by atoms with Gasteiger partial charge in [-0.3, -0.25) is 4.79 Å². The van der Waals surface area contributed by atoms with Gasteiger partial charge in [-0.05, 0) is 54.5 Å².